The summed E-state index contributed by atoms with van der Waals surface area (Å²) in [7, 11) is 0. The van der Waals surface area contributed by atoms with Crippen molar-refractivity contribution in [2.24, 2.45) is 5.10 Å². The molecule has 4 aromatic rings. The Morgan fingerprint density at radius 1 is 0.688 bits per heavy atom. The lowest BCUT2D eigenvalue weighted by atomic mass is 10.0. The highest BCUT2D eigenvalue weighted by molar-refractivity contribution is 6.05. The molecule has 32 heavy (non-hydrogen) atoms. The SMILES string of the molecule is C/C(=N\NC(=O)c1ccc(NC(=O)c2cccc(C)c2)cc1)c1ccc2ccccc2c1. The third kappa shape index (κ3) is 4.90. The molecule has 0 fully saturated rings. The summed E-state index contributed by atoms with van der Waals surface area (Å²) in [6, 6.07) is 28.2. The minimum absolute atomic E-state index is 0.193. The lowest BCUT2D eigenvalue weighted by Crippen LogP contribution is -2.19. The van der Waals surface area contributed by atoms with Gasteiger partial charge in [-0.15, -0.1) is 0 Å². The summed E-state index contributed by atoms with van der Waals surface area (Å²) in [4.78, 5) is 24.9. The van der Waals surface area contributed by atoms with Crippen molar-refractivity contribution >= 4 is 34.0 Å². The van der Waals surface area contributed by atoms with Crippen LogP contribution in [0.2, 0.25) is 0 Å². The second-order valence-corrected chi connectivity index (χ2v) is 7.60. The largest absolute Gasteiger partial charge is 0.322 e. The molecule has 0 unspecified atom stereocenters. The highest BCUT2D eigenvalue weighted by atomic mass is 16.2. The van der Waals surface area contributed by atoms with Crippen molar-refractivity contribution in [3.8, 4) is 0 Å². The number of rotatable bonds is 5. The van der Waals surface area contributed by atoms with E-state index in [-0.39, 0.29) is 11.8 Å². The zero-order valence-electron chi connectivity index (χ0n) is 17.9. The van der Waals surface area contributed by atoms with Crippen LogP contribution >= 0.6 is 0 Å². The number of aryl methyl sites for hydroxylation is 1. The van der Waals surface area contributed by atoms with Gasteiger partial charge in [0, 0.05) is 16.8 Å². The molecule has 0 spiro atoms. The van der Waals surface area contributed by atoms with Crippen LogP contribution in [0.3, 0.4) is 0 Å². The van der Waals surface area contributed by atoms with Gasteiger partial charge >= 0.3 is 0 Å². The minimum Gasteiger partial charge on any atom is -0.322 e. The molecule has 2 amide bonds. The van der Waals surface area contributed by atoms with Crippen molar-refractivity contribution in [1.82, 2.24) is 5.43 Å². The number of hydrogen-bond acceptors (Lipinski definition) is 3. The van der Waals surface area contributed by atoms with Gasteiger partial charge in [-0.1, -0.05) is 54.1 Å². The van der Waals surface area contributed by atoms with E-state index < -0.39 is 0 Å². The number of hydrogen-bond donors (Lipinski definition) is 2. The molecule has 0 radical (unpaired) electrons. The van der Waals surface area contributed by atoms with Crippen LogP contribution in [0.25, 0.3) is 10.8 Å². The van der Waals surface area contributed by atoms with E-state index in [1.54, 1.807) is 30.3 Å². The Kier molecular flexibility index (Phi) is 6.08. The van der Waals surface area contributed by atoms with Crippen LogP contribution in [-0.4, -0.2) is 17.5 Å². The van der Waals surface area contributed by atoms with E-state index >= 15 is 0 Å². The molecule has 5 heteroatoms. The lowest BCUT2D eigenvalue weighted by molar-refractivity contribution is 0.0954. The fraction of sp³-hybridized carbons (Fsp3) is 0.0741. The summed E-state index contributed by atoms with van der Waals surface area (Å²) in [6.45, 7) is 3.79. The molecular formula is C27H23N3O2. The van der Waals surface area contributed by atoms with Gasteiger partial charge in [-0.2, -0.15) is 5.10 Å². The Bertz CT molecular complexity index is 1320. The molecule has 4 aromatic carbocycles. The maximum atomic E-state index is 12.5. The van der Waals surface area contributed by atoms with Crippen LogP contribution in [0, 0.1) is 6.92 Å². The number of hydrazone groups is 1. The molecule has 0 atom stereocenters. The summed E-state index contributed by atoms with van der Waals surface area (Å²) < 4.78 is 0. The van der Waals surface area contributed by atoms with E-state index in [1.165, 1.54) is 0 Å². The quantitative estimate of drug-likeness (QED) is 0.327. The van der Waals surface area contributed by atoms with E-state index in [0.29, 0.717) is 22.5 Å². The standard InChI is InChI=1S/C27H23N3O2/c1-18-6-5-9-24(16-18)26(31)28-25-14-12-21(13-15-25)27(32)30-29-19(2)22-11-10-20-7-3-4-8-23(20)17-22/h3-17H,1-2H3,(H,28,31)(H,30,32)/b29-19+. The fourth-order valence-corrected chi connectivity index (χ4v) is 3.37. The molecule has 0 saturated carbocycles. The molecule has 2 N–H and O–H groups in total. The van der Waals surface area contributed by atoms with Gasteiger partial charge in [0.15, 0.2) is 0 Å². The molecule has 158 valence electrons. The van der Waals surface area contributed by atoms with Gasteiger partial charge in [-0.05, 0) is 72.6 Å². The molecule has 0 aliphatic heterocycles. The predicted octanol–water partition coefficient (Wildman–Crippen LogP) is 5.55. The van der Waals surface area contributed by atoms with Crippen molar-refractivity contribution in [3.05, 3.63) is 113 Å². The normalized spacial score (nSPS) is 11.2. The molecule has 0 heterocycles. The van der Waals surface area contributed by atoms with Crippen molar-refractivity contribution in [2.45, 2.75) is 13.8 Å². The third-order valence-corrected chi connectivity index (χ3v) is 5.18. The van der Waals surface area contributed by atoms with E-state index in [2.05, 4.69) is 21.9 Å². The first-order chi connectivity index (χ1) is 15.5. The molecule has 0 bridgehead atoms. The first-order valence-corrected chi connectivity index (χ1v) is 10.3. The highest BCUT2D eigenvalue weighted by Crippen LogP contribution is 2.16. The second kappa shape index (κ2) is 9.27. The summed E-state index contributed by atoms with van der Waals surface area (Å²) >= 11 is 0. The first kappa shape index (κ1) is 21.0. The van der Waals surface area contributed by atoms with Crippen molar-refractivity contribution in [2.75, 3.05) is 5.32 Å². The Morgan fingerprint density at radius 2 is 1.41 bits per heavy atom. The zero-order valence-corrected chi connectivity index (χ0v) is 17.9. The number of nitrogens with one attached hydrogen (secondary N) is 2. The van der Waals surface area contributed by atoms with Crippen LogP contribution in [0.5, 0.6) is 0 Å². The number of carbonyl (C=O) groups is 2. The summed E-state index contributed by atoms with van der Waals surface area (Å²) in [5.41, 5.74) is 6.93. The lowest BCUT2D eigenvalue weighted by Gasteiger charge is -2.07. The van der Waals surface area contributed by atoms with Crippen LogP contribution in [0.1, 0.15) is 38.8 Å². The average molecular weight is 422 g/mol. The highest BCUT2D eigenvalue weighted by Gasteiger charge is 2.09. The Morgan fingerprint density at radius 3 is 2.16 bits per heavy atom. The summed E-state index contributed by atoms with van der Waals surface area (Å²) in [5.74, 6) is -0.511. The summed E-state index contributed by atoms with van der Waals surface area (Å²) in [5, 5.41) is 9.36. The molecule has 0 aromatic heterocycles. The number of amides is 2. The predicted molar refractivity (Wildman–Crippen MR) is 129 cm³/mol. The Labute approximate surface area is 186 Å². The maximum absolute atomic E-state index is 12.5. The van der Waals surface area contributed by atoms with E-state index in [0.717, 1.165) is 21.9 Å². The number of nitrogens with zero attached hydrogens (tertiary/aromatic N) is 1. The van der Waals surface area contributed by atoms with Crippen molar-refractivity contribution in [1.29, 1.82) is 0 Å². The molecule has 0 saturated heterocycles. The van der Waals surface area contributed by atoms with Gasteiger partial charge in [0.2, 0.25) is 0 Å². The molecule has 4 rings (SSSR count). The van der Waals surface area contributed by atoms with Crippen LogP contribution in [-0.2, 0) is 0 Å². The van der Waals surface area contributed by atoms with Gasteiger partial charge < -0.3 is 5.32 Å². The summed E-state index contributed by atoms with van der Waals surface area (Å²) in [6.07, 6.45) is 0. The molecule has 0 aliphatic rings. The van der Waals surface area contributed by atoms with Gasteiger partial charge in [0.25, 0.3) is 11.8 Å². The number of carbonyl (C=O) groups excluding carboxylic acids is 2. The average Bonchev–Trinajstić information content (AvgIpc) is 2.82. The van der Waals surface area contributed by atoms with Crippen molar-refractivity contribution < 1.29 is 9.59 Å². The van der Waals surface area contributed by atoms with Gasteiger partial charge in [-0.3, -0.25) is 9.59 Å². The first-order valence-electron chi connectivity index (χ1n) is 10.3. The van der Waals surface area contributed by atoms with E-state index in [1.807, 2.05) is 68.4 Å². The van der Waals surface area contributed by atoms with Gasteiger partial charge in [0.05, 0.1) is 5.71 Å². The third-order valence-electron chi connectivity index (χ3n) is 5.18. The molecule has 0 aliphatic carbocycles. The second-order valence-electron chi connectivity index (χ2n) is 7.60. The van der Waals surface area contributed by atoms with Gasteiger partial charge in [-0.25, -0.2) is 5.43 Å². The Balaban J connectivity index is 1.40. The number of fused-ring (bicyclic) bond motifs is 1. The van der Waals surface area contributed by atoms with Crippen molar-refractivity contribution in [3.63, 3.8) is 0 Å². The number of benzene rings is 4. The smallest absolute Gasteiger partial charge is 0.271 e. The monoisotopic (exact) mass is 421 g/mol. The topological polar surface area (TPSA) is 70.6 Å². The van der Waals surface area contributed by atoms with Gasteiger partial charge in [0.1, 0.15) is 0 Å². The van der Waals surface area contributed by atoms with Crippen LogP contribution in [0.4, 0.5) is 5.69 Å². The Hall–Kier alpha value is -4.25. The number of anilines is 1. The molecule has 5 nitrogen and oxygen atoms in total. The minimum atomic E-state index is -0.318. The fourth-order valence-electron chi connectivity index (χ4n) is 3.37. The van der Waals surface area contributed by atoms with Crippen LogP contribution < -0.4 is 10.7 Å². The van der Waals surface area contributed by atoms with Crippen LogP contribution in [0.15, 0.2) is 96.1 Å². The van der Waals surface area contributed by atoms with E-state index in [4.69, 9.17) is 0 Å². The molecular weight excluding hydrogens is 398 g/mol. The van der Waals surface area contributed by atoms with E-state index in [9.17, 15) is 9.59 Å². The zero-order chi connectivity index (χ0) is 22.5. The maximum Gasteiger partial charge on any atom is 0.271 e.